The summed E-state index contributed by atoms with van der Waals surface area (Å²) in [6.45, 7) is 5.97. The molecule has 1 fully saturated rings. The zero-order chi connectivity index (χ0) is 15.0. The fraction of sp³-hybridized carbons (Fsp3) is 0.375. The molecule has 0 saturated carbocycles. The molecule has 2 N–H and O–H groups in total. The van der Waals surface area contributed by atoms with Crippen molar-refractivity contribution in [2.75, 3.05) is 18.8 Å². The molecule has 1 aliphatic heterocycles. The summed E-state index contributed by atoms with van der Waals surface area (Å²) in [6, 6.07) is 9.18. The molecule has 0 aliphatic carbocycles. The fourth-order valence-corrected chi connectivity index (χ4v) is 2.66. The molecule has 1 aliphatic rings. The predicted octanol–water partition coefficient (Wildman–Crippen LogP) is 2.33. The first-order valence-corrected chi connectivity index (χ1v) is 7.15. The van der Waals surface area contributed by atoms with Gasteiger partial charge in [-0.25, -0.2) is 4.68 Å². The van der Waals surface area contributed by atoms with E-state index in [1.807, 2.05) is 29.2 Å². The van der Waals surface area contributed by atoms with Crippen LogP contribution in [0.25, 0.3) is 5.69 Å². The molecule has 3 rings (SSSR count). The van der Waals surface area contributed by atoms with Crippen LogP contribution >= 0.6 is 0 Å². The Balaban J connectivity index is 1.79. The van der Waals surface area contributed by atoms with Crippen molar-refractivity contribution < 1.29 is 4.79 Å². The second-order valence-electron chi connectivity index (χ2n) is 6.38. The van der Waals surface area contributed by atoms with E-state index in [0.717, 1.165) is 25.2 Å². The van der Waals surface area contributed by atoms with Gasteiger partial charge in [0.05, 0.1) is 5.69 Å². The third-order valence-electron chi connectivity index (χ3n) is 3.93. The molecule has 0 radical (unpaired) electrons. The van der Waals surface area contributed by atoms with Crippen LogP contribution in [0.4, 0.5) is 5.69 Å². The Kier molecular flexibility index (Phi) is 3.20. The largest absolute Gasteiger partial charge is 0.399 e. The van der Waals surface area contributed by atoms with E-state index in [1.54, 1.807) is 16.9 Å². The van der Waals surface area contributed by atoms with E-state index in [1.165, 1.54) is 0 Å². The number of hydrogen-bond acceptors (Lipinski definition) is 3. The molecule has 2 heterocycles. The minimum atomic E-state index is 0.00905. The summed E-state index contributed by atoms with van der Waals surface area (Å²) in [7, 11) is 0. The van der Waals surface area contributed by atoms with E-state index in [4.69, 9.17) is 5.73 Å². The molecule has 0 bridgehead atoms. The molecule has 1 aromatic heterocycles. The molecule has 5 nitrogen and oxygen atoms in total. The molecule has 1 saturated heterocycles. The summed E-state index contributed by atoms with van der Waals surface area (Å²) >= 11 is 0. The standard InChI is InChI=1S/C16H20N4O/c1-16(2)8-10-19(11-16)15(21)14-7-9-20(18-14)13-5-3-12(17)4-6-13/h3-7,9H,8,10-11,17H2,1-2H3. The van der Waals surface area contributed by atoms with E-state index in [2.05, 4.69) is 18.9 Å². The SMILES string of the molecule is CC1(C)CCN(C(=O)c2ccn(-c3ccc(N)cc3)n2)C1. The van der Waals surface area contributed by atoms with Crippen LogP contribution in [0, 0.1) is 5.41 Å². The van der Waals surface area contributed by atoms with E-state index >= 15 is 0 Å². The number of anilines is 1. The normalized spacial score (nSPS) is 17.1. The maximum atomic E-state index is 12.5. The van der Waals surface area contributed by atoms with E-state index in [9.17, 15) is 4.79 Å². The summed E-state index contributed by atoms with van der Waals surface area (Å²) in [5.41, 5.74) is 7.97. The molecular weight excluding hydrogens is 264 g/mol. The Hall–Kier alpha value is -2.30. The number of hydrogen-bond donors (Lipinski definition) is 1. The molecule has 5 heteroatoms. The molecule has 0 unspecified atom stereocenters. The first-order valence-electron chi connectivity index (χ1n) is 7.15. The van der Waals surface area contributed by atoms with Crippen molar-refractivity contribution in [1.82, 2.24) is 14.7 Å². The number of amides is 1. The maximum absolute atomic E-state index is 12.5. The van der Waals surface area contributed by atoms with Gasteiger partial charge in [-0.1, -0.05) is 13.8 Å². The van der Waals surface area contributed by atoms with Gasteiger partial charge in [-0.3, -0.25) is 4.79 Å². The lowest BCUT2D eigenvalue weighted by Crippen LogP contribution is -2.30. The number of nitrogen functional groups attached to an aromatic ring is 1. The summed E-state index contributed by atoms with van der Waals surface area (Å²) in [6.07, 6.45) is 2.84. The Morgan fingerprint density at radius 3 is 2.57 bits per heavy atom. The smallest absolute Gasteiger partial charge is 0.274 e. The lowest BCUT2D eigenvalue weighted by Gasteiger charge is -2.18. The first-order chi connectivity index (χ1) is 9.94. The molecule has 0 spiro atoms. The van der Waals surface area contributed by atoms with E-state index < -0.39 is 0 Å². The number of nitrogens with two attached hydrogens (primary N) is 1. The number of aromatic nitrogens is 2. The van der Waals surface area contributed by atoms with Crippen LogP contribution in [0.1, 0.15) is 30.8 Å². The van der Waals surface area contributed by atoms with E-state index in [-0.39, 0.29) is 11.3 Å². The molecule has 1 aromatic carbocycles. The van der Waals surface area contributed by atoms with Crippen LogP contribution in [-0.2, 0) is 0 Å². The van der Waals surface area contributed by atoms with Gasteiger partial charge in [0.1, 0.15) is 0 Å². The first kappa shape index (κ1) is 13.7. The van der Waals surface area contributed by atoms with Crippen molar-refractivity contribution in [1.29, 1.82) is 0 Å². The van der Waals surface area contributed by atoms with E-state index in [0.29, 0.717) is 11.4 Å². The average Bonchev–Trinajstić information content (AvgIpc) is 3.05. The monoisotopic (exact) mass is 284 g/mol. The summed E-state index contributed by atoms with van der Waals surface area (Å²) in [5, 5.41) is 4.39. The molecule has 110 valence electrons. The van der Waals surface area contributed by atoms with Gasteiger partial charge in [0, 0.05) is 25.0 Å². The fourth-order valence-electron chi connectivity index (χ4n) is 2.66. The van der Waals surface area contributed by atoms with Gasteiger partial charge in [-0.05, 0) is 42.2 Å². The number of carbonyl (C=O) groups is 1. The quantitative estimate of drug-likeness (QED) is 0.861. The van der Waals surface area contributed by atoms with Gasteiger partial charge in [-0.2, -0.15) is 5.10 Å². The van der Waals surface area contributed by atoms with Crippen LogP contribution < -0.4 is 5.73 Å². The average molecular weight is 284 g/mol. The Bertz CT molecular complexity index is 657. The highest BCUT2D eigenvalue weighted by Gasteiger charge is 2.33. The highest BCUT2D eigenvalue weighted by Crippen LogP contribution is 2.29. The Morgan fingerprint density at radius 1 is 1.24 bits per heavy atom. The van der Waals surface area contributed by atoms with Gasteiger partial charge >= 0.3 is 0 Å². The number of carbonyl (C=O) groups excluding carboxylic acids is 1. The predicted molar refractivity (Wildman–Crippen MR) is 82.3 cm³/mol. The minimum absolute atomic E-state index is 0.00905. The third kappa shape index (κ3) is 2.77. The van der Waals surface area contributed by atoms with Gasteiger partial charge in [0.15, 0.2) is 5.69 Å². The van der Waals surface area contributed by atoms with Crippen molar-refractivity contribution in [3.63, 3.8) is 0 Å². The van der Waals surface area contributed by atoms with Crippen molar-refractivity contribution in [2.45, 2.75) is 20.3 Å². The highest BCUT2D eigenvalue weighted by atomic mass is 16.2. The molecule has 1 amide bonds. The van der Waals surface area contributed by atoms with Crippen LogP contribution in [-0.4, -0.2) is 33.7 Å². The molecule has 0 atom stereocenters. The van der Waals surface area contributed by atoms with Gasteiger partial charge in [-0.15, -0.1) is 0 Å². The molecule has 2 aromatic rings. The van der Waals surface area contributed by atoms with Crippen LogP contribution in [0.2, 0.25) is 0 Å². The summed E-state index contributed by atoms with van der Waals surface area (Å²) < 4.78 is 1.70. The minimum Gasteiger partial charge on any atom is -0.399 e. The Labute approximate surface area is 124 Å². The zero-order valence-corrected chi connectivity index (χ0v) is 12.4. The van der Waals surface area contributed by atoms with Crippen molar-refractivity contribution in [2.24, 2.45) is 5.41 Å². The summed E-state index contributed by atoms with van der Waals surface area (Å²) in [4.78, 5) is 14.3. The van der Waals surface area contributed by atoms with Crippen molar-refractivity contribution in [3.8, 4) is 5.69 Å². The topological polar surface area (TPSA) is 64.2 Å². The molecule has 21 heavy (non-hydrogen) atoms. The van der Waals surface area contributed by atoms with Gasteiger partial charge in [0.2, 0.25) is 0 Å². The second-order valence-corrected chi connectivity index (χ2v) is 6.38. The zero-order valence-electron chi connectivity index (χ0n) is 12.4. The third-order valence-corrected chi connectivity index (χ3v) is 3.93. The number of likely N-dealkylation sites (tertiary alicyclic amines) is 1. The summed E-state index contributed by atoms with van der Waals surface area (Å²) in [5.74, 6) is 0.00905. The van der Waals surface area contributed by atoms with Gasteiger partial charge in [0.25, 0.3) is 5.91 Å². The number of nitrogens with zero attached hydrogens (tertiary/aromatic N) is 3. The molecular formula is C16H20N4O. The van der Waals surface area contributed by atoms with Crippen LogP contribution in [0.3, 0.4) is 0 Å². The maximum Gasteiger partial charge on any atom is 0.274 e. The Morgan fingerprint density at radius 2 is 1.95 bits per heavy atom. The van der Waals surface area contributed by atoms with Crippen molar-refractivity contribution in [3.05, 3.63) is 42.2 Å². The van der Waals surface area contributed by atoms with Crippen LogP contribution in [0.15, 0.2) is 36.5 Å². The lowest BCUT2D eigenvalue weighted by atomic mass is 9.93. The highest BCUT2D eigenvalue weighted by molar-refractivity contribution is 5.92. The van der Waals surface area contributed by atoms with Gasteiger partial charge < -0.3 is 10.6 Å². The second kappa shape index (κ2) is 4.91. The number of rotatable bonds is 2. The lowest BCUT2D eigenvalue weighted by molar-refractivity contribution is 0.0772. The number of benzene rings is 1. The van der Waals surface area contributed by atoms with Crippen molar-refractivity contribution >= 4 is 11.6 Å². The van der Waals surface area contributed by atoms with Crippen LogP contribution in [0.5, 0.6) is 0 Å².